The molecule has 4 aromatic rings. The summed E-state index contributed by atoms with van der Waals surface area (Å²) >= 11 is 1.44. The molecule has 4 rings (SSSR count). The Balaban J connectivity index is 1.43. The molecule has 0 radical (unpaired) electrons. The molecule has 0 unspecified atom stereocenters. The van der Waals surface area contributed by atoms with Crippen LogP contribution >= 0.6 is 11.3 Å². The Morgan fingerprint density at radius 3 is 2.70 bits per heavy atom. The summed E-state index contributed by atoms with van der Waals surface area (Å²) in [6, 6.07) is 11.2. The Hall–Kier alpha value is -3.40. The van der Waals surface area contributed by atoms with Gasteiger partial charge in [-0.3, -0.25) is 10.1 Å². The number of rotatable bonds is 5. The van der Waals surface area contributed by atoms with Gasteiger partial charge in [0.2, 0.25) is 5.82 Å². The minimum atomic E-state index is -0.306. The van der Waals surface area contributed by atoms with Crippen LogP contribution in [-0.4, -0.2) is 40.9 Å². The van der Waals surface area contributed by atoms with E-state index in [1.54, 1.807) is 16.9 Å². The number of amides is 1. The lowest BCUT2D eigenvalue weighted by Crippen LogP contribution is -2.15. The molecule has 0 aliphatic carbocycles. The Kier molecular flexibility index (Phi) is 4.47. The molecule has 10 heteroatoms. The second-order valence-electron chi connectivity index (χ2n) is 5.85. The molecular formula is C17H16N8OS. The number of aromatic nitrogens is 7. The fourth-order valence-corrected chi connectivity index (χ4v) is 3.19. The third kappa shape index (κ3) is 3.75. The van der Waals surface area contributed by atoms with Gasteiger partial charge in [-0.1, -0.05) is 30.3 Å². The van der Waals surface area contributed by atoms with Crippen molar-refractivity contribution in [2.24, 2.45) is 0 Å². The summed E-state index contributed by atoms with van der Waals surface area (Å²) in [7, 11) is 0. The Morgan fingerprint density at radius 2 is 1.96 bits per heavy atom. The maximum absolute atomic E-state index is 12.3. The number of nitrogens with zero attached hydrogens (tertiary/aromatic N) is 7. The quantitative estimate of drug-likeness (QED) is 0.570. The molecule has 0 aliphatic rings. The zero-order chi connectivity index (χ0) is 18.8. The third-order valence-electron chi connectivity index (χ3n) is 3.88. The van der Waals surface area contributed by atoms with Crippen molar-refractivity contribution in [3.63, 3.8) is 0 Å². The molecule has 0 fully saturated rings. The predicted molar refractivity (Wildman–Crippen MR) is 100 cm³/mol. The molecule has 0 bridgehead atoms. The molecule has 0 aliphatic heterocycles. The van der Waals surface area contributed by atoms with E-state index in [4.69, 9.17) is 0 Å². The first-order valence-electron chi connectivity index (χ1n) is 8.20. The van der Waals surface area contributed by atoms with Crippen molar-refractivity contribution < 1.29 is 4.79 Å². The van der Waals surface area contributed by atoms with Crippen molar-refractivity contribution in [2.45, 2.75) is 20.5 Å². The molecule has 136 valence electrons. The van der Waals surface area contributed by atoms with Gasteiger partial charge in [0.1, 0.15) is 0 Å². The summed E-state index contributed by atoms with van der Waals surface area (Å²) in [5.41, 5.74) is 2.09. The lowest BCUT2D eigenvalue weighted by molar-refractivity contribution is 0.102. The summed E-state index contributed by atoms with van der Waals surface area (Å²) in [5.74, 6) is 0.231. The van der Waals surface area contributed by atoms with E-state index in [1.807, 2.05) is 44.2 Å². The van der Waals surface area contributed by atoms with Crippen molar-refractivity contribution in [1.82, 2.24) is 35.0 Å². The van der Waals surface area contributed by atoms with Gasteiger partial charge in [0.25, 0.3) is 5.91 Å². The molecular weight excluding hydrogens is 364 g/mol. The van der Waals surface area contributed by atoms with Gasteiger partial charge in [0, 0.05) is 16.6 Å². The van der Waals surface area contributed by atoms with Crippen LogP contribution in [0.5, 0.6) is 0 Å². The Bertz CT molecular complexity index is 1060. The zero-order valence-corrected chi connectivity index (χ0v) is 15.5. The molecule has 1 amide bonds. The fraction of sp³-hybridized carbons (Fsp3) is 0.176. The number of aryl methyl sites for hydroxylation is 2. The van der Waals surface area contributed by atoms with E-state index in [0.29, 0.717) is 16.6 Å². The highest BCUT2D eigenvalue weighted by molar-refractivity contribution is 7.15. The van der Waals surface area contributed by atoms with Crippen molar-refractivity contribution in [1.29, 1.82) is 0 Å². The van der Waals surface area contributed by atoms with Gasteiger partial charge in [-0.15, -0.1) is 26.3 Å². The highest BCUT2D eigenvalue weighted by atomic mass is 32.1. The number of tetrazole rings is 1. The SMILES string of the molecule is Cc1nc(NC(=O)c2ccn(Cn3nnc(-c4ccccc4)n3)n2)sc1C. The van der Waals surface area contributed by atoms with Gasteiger partial charge < -0.3 is 0 Å². The first-order valence-corrected chi connectivity index (χ1v) is 9.02. The molecule has 1 aromatic carbocycles. The minimum Gasteiger partial charge on any atom is -0.296 e. The normalized spacial score (nSPS) is 10.9. The van der Waals surface area contributed by atoms with E-state index >= 15 is 0 Å². The van der Waals surface area contributed by atoms with E-state index in [9.17, 15) is 4.79 Å². The molecule has 3 aromatic heterocycles. The first-order chi connectivity index (χ1) is 13.1. The fourth-order valence-electron chi connectivity index (χ4n) is 2.38. The zero-order valence-electron chi connectivity index (χ0n) is 14.7. The maximum Gasteiger partial charge on any atom is 0.277 e. The molecule has 0 saturated carbocycles. The second kappa shape index (κ2) is 7.08. The van der Waals surface area contributed by atoms with Gasteiger partial charge in [-0.2, -0.15) is 5.10 Å². The average molecular weight is 380 g/mol. The summed E-state index contributed by atoms with van der Waals surface area (Å²) in [4.78, 5) is 19.1. The monoisotopic (exact) mass is 380 g/mol. The number of benzene rings is 1. The molecule has 1 N–H and O–H groups in total. The minimum absolute atomic E-state index is 0.253. The van der Waals surface area contributed by atoms with Gasteiger partial charge in [0.15, 0.2) is 17.5 Å². The van der Waals surface area contributed by atoms with E-state index in [2.05, 4.69) is 30.8 Å². The molecule has 27 heavy (non-hydrogen) atoms. The topological polar surface area (TPSA) is 103 Å². The first kappa shape index (κ1) is 17.0. The van der Waals surface area contributed by atoms with Crippen LogP contribution in [0.15, 0.2) is 42.6 Å². The Labute approximate surface area is 158 Å². The van der Waals surface area contributed by atoms with Crippen LogP contribution in [0.25, 0.3) is 11.4 Å². The van der Waals surface area contributed by atoms with Crippen LogP contribution in [0.4, 0.5) is 5.13 Å². The lowest BCUT2D eigenvalue weighted by Gasteiger charge is -2.00. The number of thiazole rings is 1. The van der Waals surface area contributed by atoms with Gasteiger partial charge in [-0.25, -0.2) is 9.67 Å². The summed E-state index contributed by atoms with van der Waals surface area (Å²) in [5, 5.41) is 20.0. The number of carbonyl (C=O) groups is 1. The van der Waals surface area contributed by atoms with E-state index in [0.717, 1.165) is 16.1 Å². The van der Waals surface area contributed by atoms with E-state index < -0.39 is 0 Å². The van der Waals surface area contributed by atoms with E-state index in [-0.39, 0.29) is 12.6 Å². The molecule has 0 atom stereocenters. The largest absolute Gasteiger partial charge is 0.296 e. The highest BCUT2D eigenvalue weighted by Gasteiger charge is 2.13. The van der Waals surface area contributed by atoms with Gasteiger partial charge in [-0.05, 0) is 25.1 Å². The van der Waals surface area contributed by atoms with Crippen molar-refractivity contribution in [3.8, 4) is 11.4 Å². The van der Waals surface area contributed by atoms with Gasteiger partial charge in [0.05, 0.1) is 5.69 Å². The van der Waals surface area contributed by atoms with Crippen molar-refractivity contribution in [3.05, 3.63) is 58.9 Å². The summed E-state index contributed by atoms with van der Waals surface area (Å²) in [6.07, 6.45) is 1.69. The van der Waals surface area contributed by atoms with Crippen molar-refractivity contribution >= 4 is 22.4 Å². The smallest absolute Gasteiger partial charge is 0.277 e. The van der Waals surface area contributed by atoms with Crippen molar-refractivity contribution in [2.75, 3.05) is 5.32 Å². The van der Waals surface area contributed by atoms with Crippen LogP contribution in [-0.2, 0) is 6.67 Å². The molecule has 0 spiro atoms. The number of hydrogen-bond acceptors (Lipinski definition) is 7. The lowest BCUT2D eigenvalue weighted by atomic mass is 10.2. The molecule has 3 heterocycles. The number of hydrogen-bond donors (Lipinski definition) is 1. The van der Waals surface area contributed by atoms with Crippen LogP contribution in [0.3, 0.4) is 0 Å². The summed E-state index contributed by atoms with van der Waals surface area (Å²) in [6.45, 7) is 4.12. The third-order valence-corrected chi connectivity index (χ3v) is 4.87. The van der Waals surface area contributed by atoms with Gasteiger partial charge >= 0.3 is 0 Å². The van der Waals surface area contributed by atoms with Crippen LogP contribution in [0, 0.1) is 13.8 Å². The predicted octanol–water partition coefficient (Wildman–Crippen LogP) is 2.37. The average Bonchev–Trinajstić information content (AvgIpc) is 3.38. The number of nitrogens with one attached hydrogen (secondary N) is 1. The standard InChI is InChI=1S/C17H16N8OS/c1-11-12(2)27-17(18-11)19-16(26)14-8-9-24(21-14)10-25-22-15(20-23-25)13-6-4-3-5-7-13/h3-9H,10H2,1-2H3,(H,18,19,26). The molecule has 0 saturated heterocycles. The highest BCUT2D eigenvalue weighted by Crippen LogP contribution is 2.21. The Morgan fingerprint density at radius 1 is 1.15 bits per heavy atom. The number of anilines is 1. The molecule has 9 nitrogen and oxygen atoms in total. The van der Waals surface area contributed by atoms with Crippen LogP contribution < -0.4 is 5.32 Å². The number of carbonyl (C=O) groups excluding carboxylic acids is 1. The maximum atomic E-state index is 12.3. The van der Waals surface area contributed by atoms with E-state index in [1.165, 1.54) is 16.1 Å². The van der Waals surface area contributed by atoms with Crippen LogP contribution in [0.1, 0.15) is 21.1 Å². The second-order valence-corrected chi connectivity index (χ2v) is 7.05. The van der Waals surface area contributed by atoms with Crippen LogP contribution in [0.2, 0.25) is 0 Å². The summed E-state index contributed by atoms with van der Waals surface area (Å²) < 4.78 is 1.57.